The Balaban J connectivity index is 3.44. The van der Waals surface area contributed by atoms with Gasteiger partial charge in [0.2, 0.25) is 0 Å². The first-order valence-electron chi connectivity index (χ1n) is 5.67. The van der Waals surface area contributed by atoms with Crippen molar-refractivity contribution in [1.29, 1.82) is 0 Å². The first-order valence-corrected chi connectivity index (χ1v) is 9.48. The maximum Gasteiger partial charge on any atom is 0.358 e. The second-order valence-electron chi connectivity index (χ2n) is 4.37. The van der Waals surface area contributed by atoms with E-state index in [-0.39, 0.29) is 11.3 Å². The zero-order valence-corrected chi connectivity index (χ0v) is 13.3. The molecule has 0 heterocycles. The Morgan fingerprint density at radius 3 is 2.20 bits per heavy atom. The van der Waals surface area contributed by atoms with Crippen LogP contribution in [0.4, 0.5) is 5.69 Å². The molecule has 2 unspecified atom stereocenters. The lowest BCUT2D eigenvalue weighted by Crippen LogP contribution is -2.17. The topological polar surface area (TPSA) is 141 Å². The van der Waals surface area contributed by atoms with Gasteiger partial charge < -0.3 is 25.3 Å². The standard InChI is InChI=1S/C10H17NO6P2S/c1-2-9(20)10(19(15,16)17)6-3-4-7(11)8(5-6)18(12,13)14/h3-5,9-10,20H,2,11H2,1H3,(H2,12,13,14)(H2,15,16,17). The molecule has 0 spiro atoms. The molecule has 0 radical (unpaired) electrons. The zero-order chi connectivity index (χ0) is 15.7. The number of thiol groups is 1. The van der Waals surface area contributed by atoms with Gasteiger partial charge in [-0.05, 0) is 24.1 Å². The van der Waals surface area contributed by atoms with E-state index in [0.29, 0.717) is 6.42 Å². The average Bonchev–Trinajstić information content (AvgIpc) is 2.28. The highest BCUT2D eigenvalue weighted by Crippen LogP contribution is 2.56. The highest BCUT2D eigenvalue weighted by atomic mass is 32.1. The van der Waals surface area contributed by atoms with Crippen LogP contribution in [0.5, 0.6) is 0 Å². The second kappa shape index (κ2) is 6.20. The van der Waals surface area contributed by atoms with Crippen LogP contribution in [0.15, 0.2) is 18.2 Å². The highest BCUT2D eigenvalue weighted by Gasteiger charge is 2.36. The molecule has 0 aromatic heterocycles. The van der Waals surface area contributed by atoms with Crippen LogP contribution in [0.25, 0.3) is 0 Å². The Morgan fingerprint density at radius 1 is 1.25 bits per heavy atom. The molecule has 0 saturated carbocycles. The summed E-state index contributed by atoms with van der Waals surface area (Å²) in [5, 5.41) is -1.09. The molecule has 0 aliphatic heterocycles. The van der Waals surface area contributed by atoms with Crippen LogP contribution in [0.2, 0.25) is 0 Å². The van der Waals surface area contributed by atoms with Crippen molar-refractivity contribution in [1.82, 2.24) is 0 Å². The van der Waals surface area contributed by atoms with Crippen molar-refractivity contribution in [2.24, 2.45) is 0 Å². The van der Waals surface area contributed by atoms with Gasteiger partial charge in [0.05, 0.1) is 11.0 Å². The summed E-state index contributed by atoms with van der Waals surface area (Å²) in [6, 6.07) is 3.61. The molecule has 10 heteroatoms. The minimum absolute atomic E-state index is 0.104. The molecule has 114 valence electrons. The van der Waals surface area contributed by atoms with Crippen LogP contribution in [-0.4, -0.2) is 24.8 Å². The van der Waals surface area contributed by atoms with Crippen molar-refractivity contribution in [3.8, 4) is 0 Å². The molecule has 7 nitrogen and oxygen atoms in total. The maximum atomic E-state index is 11.6. The smallest absolute Gasteiger partial charge is 0.358 e. The first kappa shape index (κ1) is 17.7. The monoisotopic (exact) mass is 341 g/mol. The van der Waals surface area contributed by atoms with Crippen molar-refractivity contribution < 1.29 is 28.7 Å². The summed E-state index contributed by atoms with van der Waals surface area (Å²) in [7, 11) is -9.14. The van der Waals surface area contributed by atoms with Crippen molar-refractivity contribution in [2.45, 2.75) is 24.3 Å². The molecule has 6 N–H and O–H groups in total. The number of benzene rings is 1. The van der Waals surface area contributed by atoms with E-state index in [1.54, 1.807) is 6.92 Å². The number of hydrogen-bond donors (Lipinski definition) is 6. The predicted molar refractivity (Wildman–Crippen MR) is 80.4 cm³/mol. The summed E-state index contributed by atoms with van der Waals surface area (Å²) in [5.41, 5.74) is 4.22. The van der Waals surface area contributed by atoms with E-state index in [4.69, 9.17) is 5.73 Å². The van der Waals surface area contributed by atoms with Gasteiger partial charge in [0.1, 0.15) is 0 Å². The summed E-state index contributed by atoms with van der Waals surface area (Å²) in [6.07, 6.45) is 0.383. The molecule has 1 aromatic rings. The average molecular weight is 341 g/mol. The Morgan fingerprint density at radius 2 is 1.80 bits per heavy atom. The second-order valence-corrected chi connectivity index (χ2v) is 8.34. The summed E-state index contributed by atoms with van der Waals surface area (Å²) >= 11 is 4.15. The van der Waals surface area contributed by atoms with E-state index in [1.807, 2.05) is 0 Å². The van der Waals surface area contributed by atoms with Crippen molar-refractivity contribution >= 4 is 38.8 Å². The van der Waals surface area contributed by atoms with Gasteiger partial charge >= 0.3 is 15.2 Å². The molecular formula is C10H17NO6P2S. The third-order valence-electron chi connectivity index (χ3n) is 2.85. The number of hydrogen-bond acceptors (Lipinski definition) is 4. The van der Waals surface area contributed by atoms with E-state index in [2.05, 4.69) is 12.6 Å². The molecule has 0 fully saturated rings. The molecule has 20 heavy (non-hydrogen) atoms. The molecule has 1 rings (SSSR count). The third kappa shape index (κ3) is 4.09. The molecule has 0 amide bonds. The van der Waals surface area contributed by atoms with Gasteiger partial charge in [-0.25, -0.2) is 0 Å². The fraction of sp³-hybridized carbons (Fsp3) is 0.400. The number of nitrogen functional groups attached to an aromatic ring is 1. The summed E-state index contributed by atoms with van der Waals surface area (Å²) in [4.78, 5) is 37.2. The van der Waals surface area contributed by atoms with Gasteiger partial charge in [-0.3, -0.25) is 9.13 Å². The van der Waals surface area contributed by atoms with Crippen LogP contribution in [0.1, 0.15) is 24.6 Å². The van der Waals surface area contributed by atoms with Crippen LogP contribution in [0, 0.1) is 0 Å². The minimum atomic E-state index is -4.62. The lowest BCUT2D eigenvalue weighted by Gasteiger charge is -2.24. The summed E-state index contributed by atoms with van der Waals surface area (Å²) in [6.45, 7) is 1.71. The Labute approximate surface area is 121 Å². The van der Waals surface area contributed by atoms with Crippen LogP contribution in [0.3, 0.4) is 0 Å². The van der Waals surface area contributed by atoms with Gasteiger partial charge in [0.25, 0.3) is 0 Å². The van der Waals surface area contributed by atoms with Crippen LogP contribution < -0.4 is 11.0 Å². The largest absolute Gasteiger partial charge is 0.398 e. The van der Waals surface area contributed by atoms with Gasteiger partial charge in [0.15, 0.2) is 0 Å². The van der Waals surface area contributed by atoms with Crippen molar-refractivity contribution in [3.05, 3.63) is 23.8 Å². The van der Waals surface area contributed by atoms with Gasteiger partial charge in [0, 0.05) is 10.9 Å². The Hall–Kier alpha value is -0.330. The van der Waals surface area contributed by atoms with Crippen LogP contribution >= 0.6 is 27.8 Å². The number of rotatable bonds is 5. The Kier molecular flexibility index (Phi) is 5.49. The lowest BCUT2D eigenvalue weighted by molar-refractivity contribution is 0.356. The number of nitrogens with two attached hydrogens (primary N) is 1. The maximum absolute atomic E-state index is 11.6. The molecule has 0 saturated heterocycles. The molecule has 1 aromatic carbocycles. The molecule has 0 aliphatic carbocycles. The highest BCUT2D eigenvalue weighted by molar-refractivity contribution is 7.81. The minimum Gasteiger partial charge on any atom is -0.398 e. The van der Waals surface area contributed by atoms with Gasteiger partial charge in [-0.1, -0.05) is 13.0 Å². The summed E-state index contributed by atoms with van der Waals surface area (Å²) in [5.74, 6) is 0. The fourth-order valence-corrected chi connectivity index (χ4v) is 4.49. The summed E-state index contributed by atoms with van der Waals surface area (Å²) < 4.78 is 22.9. The SMILES string of the molecule is CCC(S)C(c1ccc(N)c(P(=O)(O)O)c1)P(=O)(O)O. The molecule has 0 aliphatic rings. The van der Waals surface area contributed by atoms with E-state index < -0.39 is 31.4 Å². The third-order valence-corrected chi connectivity index (χ3v) is 6.15. The van der Waals surface area contributed by atoms with Crippen molar-refractivity contribution in [3.63, 3.8) is 0 Å². The normalized spacial score (nSPS) is 15.9. The predicted octanol–water partition coefficient (Wildman–Crippen LogP) is 0.999. The quantitative estimate of drug-likeness (QED) is 0.266. The number of anilines is 1. The van der Waals surface area contributed by atoms with E-state index in [0.717, 1.165) is 6.07 Å². The zero-order valence-electron chi connectivity index (χ0n) is 10.6. The molecule has 2 atom stereocenters. The van der Waals surface area contributed by atoms with Crippen molar-refractivity contribution in [2.75, 3.05) is 5.73 Å². The van der Waals surface area contributed by atoms with Gasteiger partial charge in [-0.15, -0.1) is 0 Å². The lowest BCUT2D eigenvalue weighted by atomic mass is 10.1. The molecule has 0 bridgehead atoms. The van der Waals surface area contributed by atoms with Gasteiger partial charge in [-0.2, -0.15) is 12.6 Å². The Bertz CT molecular complexity index is 583. The molecular weight excluding hydrogens is 324 g/mol. The van der Waals surface area contributed by atoms with E-state index in [9.17, 15) is 28.7 Å². The van der Waals surface area contributed by atoms with Crippen LogP contribution in [-0.2, 0) is 9.13 Å². The fourth-order valence-electron chi connectivity index (χ4n) is 1.86. The first-order chi connectivity index (χ1) is 8.98. The van der Waals surface area contributed by atoms with E-state index in [1.165, 1.54) is 12.1 Å². The van der Waals surface area contributed by atoms with E-state index >= 15 is 0 Å².